The second-order valence-corrected chi connectivity index (χ2v) is 3.99. The molecule has 7 heteroatoms. The number of benzene rings is 1. The van der Waals surface area contributed by atoms with Gasteiger partial charge in [0.1, 0.15) is 0 Å². The number of methoxy groups -OCH3 is 1. The zero-order valence-corrected chi connectivity index (χ0v) is 10.2. The van der Waals surface area contributed by atoms with E-state index in [0.29, 0.717) is 24.1 Å². The number of hydrogen-bond acceptors (Lipinski definition) is 4. The van der Waals surface area contributed by atoms with Gasteiger partial charge >= 0.3 is 5.97 Å². The second kappa shape index (κ2) is 5.07. The normalized spacial score (nSPS) is 10.8. The third-order valence-corrected chi connectivity index (χ3v) is 2.84. The Morgan fingerprint density at radius 2 is 2.26 bits per heavy atom. The number of carbonyl (C=O) groups is 1. The molecule has 0 amide bonds. The molecule has 0 atom stereocenters. The van der Waals surface area contributed by atoms with Crippen molar-refractivity contribution in [2.75, 3.05) is 13.7 Å². The molecular weight excluding hydrogens is 252 g/mol. The van der Waals surface area contributed by atoms with Gasteiger partial charge in [0, 0.05) is 42.9 Å². The second-order valence-electron chi connectivity index (χ2n) is 3.99. The number of nitro benzene ring substituents is 1. The van der Waals surface area contributed by atoms with Crippen LogP contribution in [0.5, 0.6) is 0 Å². The zero-order valence-electron chi connectivity index (χ0n) is 10.2. The number of carboxylic acids is 1. The molecule has 19 heavy (non-hydrogen) atoms. The van der Waals surface area contributed by atoms with E-state index in [1.165, 1.54) is 18.3 Å². The molecule has 0 aliphatic carbocycles. The van der Waals surface area contributed by atoms with Crippen LogP contribution in [0.1, 0.15) is 10.4 Å². The van der Waals surface area contributed by atoms with E-state index in [9.17, 15) is 14.9 Å². The summed E-state index contributed by atoms with van der Waals surface area (Å²) >= 11 is 0. The Hall–Kier alpha value is -2.41. The lowest BCUT2D eigenvalue weighted by Gasteiger charge is -2.03. The summed E-state index contributed by atoms with van der Waals surface area (Å²) in [7, 11) is 1.55. The number of ether oxygens (including phenoxy) is 1. The molecule has 0 saturated carbocycles. The fourth-order valence-electron chi connectivity index (χ4n) is 1.94. The number of hydrogen-bond donors (Lipinski definition) is 1. The number of rotatable bonds is 5. The van der Waals surface area contributed by atoms with E-state index in [4.69, 9.17) is 9.84 Å². The van der Waals surface area contributed by atoms with Gasteiger partial charge in [0.2, 0.25) is 0 Å². The highest BCUT2D eigenvalue weighted by Crippen LogP contribution is 2.26. The Morgan fingerprint density at radius 1 is 1.53 bits per heavy atom. The van der Waals surface area contributed by atoms with Crippen LogP contribution < -0.4 is 0 Å². The monoisotopic (exact) mass is 264 g/mol. The summed E-state index contributed by atoms with van der Waals surface area (Å²) in [5.41, 5.74) is 0.564. The first-order valence-corrected chi connectivity index (χ1v) is 5.54. The first kappa shape index (κ1) is 13.0. The fourth-order valence-corrected chi connectivity index (χ4v) is 1.94. The third kappa shape index (κ3) is 2.41. The molecule has 0 spiro atoms. The largest absolute Gasteiger partial charge is 0.478 e. The van der Waals surface area contributed by atoms with Gasteiger partial charge in [-0.05, 0) is 6.07 Å². The lowest BCUT2D eigenvalue weighted by Crippen LogP contribution is -2.02. The molecule has 1 aromatic heterocycles. The Morgan fingerprint density at radius 3 is 2.84 bits per heavy atom. The molecule has 0 aliphatic heterocycles. The summed E-state index contributed by atoms with van der Waals surface area (Å²) in [5.74, 6) is -1.11. The highest BCUT2D eigenvalue weighted by molar-refractivity contribution is 6.04. The minimum atomic E-state index is -1.11. The Bertz CT molecular complexity index is 647. The van der Waals surface area contributed by atoms with Gasteiger partial charge in [-0.15, -0.1) is 0 Å². The van der Waals surface area contributed by atoms with Gasteiger partial charge in [0.25, 0.3) is 5.69 Å². The van der Waals surface area contributed by atoms with E-state index in [1.54, 1.807) is 17.7 Å². The fraction of sp³-hybridized carbons (Fsp3) is 0.250. The maximum Gasteiger partial charge on any atom is 0.337 e. The van der Waals surface area contributed by atoms with Crippen LogP contribution >= 0.6 is 0 Å². The third-order valence-electron chi connectivity index (χ3n) is 2.84. The van der Waals surface area contributed by atoms with Crippen LogP contribution in [0.15, 0.2) is 24.4 Å². The average molecular weight is 264 g/mol. The SMILES string of the molecule is COCCn1cc(C(=O)O)c2cc([N+](=O)[O-])ccc21. The number of non-ortho nitro benzene ring substituents is 1. The summed E-state index contributed by atoms with van der Waals surface area (Å²) in [6.45, 7) is 0.915. The van der Waals surface area contributed by atoms with Gasteiger partial charge in [0.15, 0.2) is 0 Å². The van der Waals surface area contributed by atoms with Crippen molar-refractivity contribution in [2.24, 2.45) is 0 Å². The number of nitro groups is 1. The molecule has 0 bridgehead atoms. The van der Waals surface area contributed by atoms with Gasteiger partial charge in [-0.3, -0.25) is 10.1 Å². The molecule has 100 valence electrons. The molecular formula is C12H12N2O5. The Kier molecular flexibility index (Phi) is 3.48. The first-order chi connectivity index (χ1) is 9.04. The van der Waals surface area contributed by atoms with Crippen molar-refractivity contribution >= 4 is 22.6 Å². The predicted molar refractivity (Wildman–Crippen MR) is 67.4 cm³/mol. The lowest BCUT2D eigenvalue weighted by atomic mass is 10.1. The Balaban J connectivity index is 2.61. The molecule has 1 aromatic carbocycles. The van der Waals surface area contributed by atoms with E-state index >= 15 is 0 Å². The van der Waals surface area contributed by atoms with E-state index in [-0.39, 0.29) is 11.3 Å². The highest BCUT2D eigenvalue weighted by atomic mass is 16.6. The number of carboxylic acid groups (broad SMARTS) is 1. The molecule has 2 rings (SSSR count). The van der Waals surface area contributed by atoms with E-state index in [0.717, 1.165) is 0 Å². The molecule has 0 fully saturated rings. The zero-order chi connectivity index (χ0) is 14.0. The van der Waals surface area contributed by atoms with E-state index in [2.05, 4.69) is 0 Å². The van der Waals surface area contributed by atoms with Crippen LogP contribution in [0.4, 0.5) is 5.69 Å². The smallest absolute Gasteiger partial charge is 0.337 e. The standard InChI is InChI=1S/C12H12N2O5/c1-19-5-4-13-7-10(12(15)16)9-6-8(14(17)18)2-3-11(9)13/h2-3,6-7H,4-5H2,1H3,(H,15,16). The van der Waals surface area contributed by atoms with Crippen LogP contribution in [0.25, 0.3) is 10.9 Å². The summed E-state index contributed by atoms with van der Waals surface area (Å²) < 4.78 is 6.66. The van der Waals surface area contributed by atoms with Gasteiger partial charge < -0.3 is 14.4 Å². The van der Waals surface area contributed by atoms with E-state index in [1.807, 2.05) is 0 Å². The summed E-state index contributed by atoms with van der Waals surface area (Å²) in [6.07, 6.45) is 1.47. The summed E-state index contributed by atoms with van der Waals surface area (Å²) in [4.78, 5) is 21.4. The number of nitrogens with zero attached hydrogens (tertiary/aromatic N) is 2. The average Bonchev–Trinajstić information content (AvgIpc) is 2.74. The maximum absolute atomic E-state index is 11.2. The van der Waals surface area contributed by atoms with Gasteiger partial charge in [-0.25, -0.2) is 4.79 Å². The molecule has 2 aromatic rings. The minimum Gasteiger partial charge on any atom is -0.478 e. The van der Waals surface area contributed by atoms with Crippen LogP contribution in [-0.4, -0.2) is 34.3 Å². The molecule has 0 unspecified atom stereocenters. The van der Waals surface area contributed by atoms with Crippen molar-refractivity contribution < 1.29 is 19.6 Å². The number of aromatic carboxylic acids is 1. The molecule has 7 nitrogen and oxygen atoms in total. The molecule has 0 radical (unpaired) electrons. The van der Waals surface area contributed by atoms with Crippen molar-refractivity contribution in [1.82, 2.24) is 4.57 Å². The van der Waals surface area contributed by atoms with Crippen molar-refractivity contribution in [1.29, 1.82) is 0 Å². The number of aromatic nitrogens is 1. The predicted octanol–water partition coefficient (Wildman–Crippen LogP) is 1.89. The summed E-state index contributed by atoms with van der Waals surface area (Å²) in [5, 5.41) is 20.2. The van der Waals surface area contributed by atoms with Gasteiger partial charge in [-0.1, -0.05) is 0 Å². The van der Waals surface area contributed by atoms with E-state index < -0.39 is 10.9 Å². The molecule has 0 aliphatic rings. The van der Waals surface area contributed by atoms with Crippen molar-refractivity contribution in [3.63, 3.8) is 0 Å². The van der Waals surface area contributed by atoms with Crippen LogP contribution in [0.2, 0.25) is 0 Å². The van der Waals surface area contributed by atoms with Crippen molar-refractivity contribution in [3.8, 4) is 0 Å². The molecule has 1 N–H and O–H groups in total. The number of fused-ring (bicyclic) bond motifs is 1. The molecule has 0 saturated heterocycles. The van der Waals surface area contributed by atoms with Crippen LogP contribution in [-0.2, 0) is 11.3 Å². The first-order valence-electron chi connectivity index (χ1n) is 5.54. The maximum atomic E-state index is 11.2. The lowest BCUT2D eigenvalue weighted by molar-refractivity contribution is -0.384. The highest BCUT2D eigenvalue weighted by Gasteiger charge is 2.17. The quantitative estimate of drug-likeness (QED) is 0.657. The minimum absolute atomic E-state index is 0.0507. The topological polar surface area (TPSA) is 94.6 Å². The van der Waals surface area contributed by atoms with Crippen LogP contribution in [0, 0.1) is 10.1 Å². The van der Waals surface area contributed by atoms with Gasteiger partial charge in [0.05, 0.1) is 17.1 Å². The molecule has 1 heterocycles. The van der Waals surface area contributed by atoms with Crippen molar-refractivity contribution in [2.45, 2.75) is 6.54 Å². The van der Waals surface area contributed by atoms with Gasteiger partial charge in [-0.2, -0.15) is 0 Å². The summed E-state index contributed by atoms with van der Waals surface area (Å²) in [6, 6.07) is 4.19. The van der Waals surface area contributed by atoms with Crippen molar-refractivity contribution in [3.05, 3.63) is 40.1 Å². The van der Waals surface area contributed by atoms with Crippen LogP contribution in [0.3, 0.4) is 0 Å². The Labute approximate surface area is 108 Å².